The van der Waals surface area contributed by atoms with Crippen LogP contribution in [0.1, 0.15) is 38.7 Å². The first-order valence-electron chi connectivity index (χ1n) is 9.51. The summed E-state index contributed by atoms with van der Waals surface area (Å²) in [6, 6.07) is 5.95. The first-order valence-corrected chi connectivity index (χ1v) is 10.5. The van der Waals surface area contributed by atoms with Gasteiger partial charge in [0.2, 0.25) is 11.8 Å². The lowest BCUT2D eigenvalue weighted by molar-refractivity contribution is -0.146. The van der Waals surface area contributed by atoms with Gasteiger partial charge in [-0.05, 0) is 36.0 Å². The van der Waals surface area contributed by atoms with Gasteiger partial charge in [0.15, 0.2) is 0 Å². The van der Waals surface area contributed by atoms with Gasteiger partial charge < -0.3 is 15.5 Å². The van der Waals surface area contributed by atoms with E-state index in [4.69, 9.17) is 5.73 Å². The molecule has 1 aromatic carbocycles. The first-order chi connectivity index (χ1) is 12.7. The molecule has 3 unspecified atom stereocenters. The van der Waals surface area contributed by atoms with Crippen LogP contribution in [0, 0.1) is 11.2 Å². The number of fused-ring (bicyclic) bond motifs is 1. The van der Waals surface area contributed by atoms with Crippen LogP contribution in [0.4, 0.5) is 4.39 Å². The monoisotopic (exact) mass is 391 g/mol. The SMILES string of the molecule is CC1(C)CN(C(=O)C2CSC3(c4ccc(F)cc4)CCC(=O)N23)CCC1N. The van der Waals surface area contributed by atoms with Gasteiger partial charge in [0.05, 0.1) is 0 Å². The molecule has 3 aliphatic heterocycles. The second-order valence-corrected chi connectivity index (χ2v) is 9.82. The minimum atomic E-state index is -0.549. The van der Waals surface area contributed by atoms with E-state index in [0.29, 0.717) is 31.7 Å². The van der Waals surface area contributed by atoms with Gasteiger partial charge in [-0.1, -0.05) is 26.0 Å². The molecule has 2 N–H and O–H groups in total. The lowest BCUT2D eigenvalue weighted by atomic mass is 9.79. The molecule has 3 aliphatic rings. The van der Waals surface area contributed by atoms with Gasteiger partial charge in [-0.15, -0.1) is 11.8 Å². The van der Waals surface area contributed by atoms with E-state index in [0.717, 1.165) is 12.0 Å². The molecule has 1 aromatic rings. The van der Waals surface area contributed by atoms with Crippen LogP contribution in [0.2, 0.25) is 0 Å². The second kappa shape index (κ2) is 6.48. The highest BCUT2D eigenvalue weighted by molar-refractivity contribution is 8.00. The smallest absolute Gasteiger partial charge is 0.246 e. The zero-order chi connectivity index (χ0) is 19.4. The van der Waals surface area contributed by atoms with E-state index in [1.54, 1.807) is 28.8 Å². The Morgan fingerprint density at radius 1 is 1.30 bits per heavy atom. The second-order valence-electron chi connectivity index (χ2n) is 8.53. The number of thioether (sulfide) groups is 1. The summed E-state index contributed by atoms with van der Waals surface area (Å²) in [4.78, 5) is 29.2. The minimum absolute atomic E-state index is 0.00986. The number of benzene rings is 1. The molecule has 27 heavy (non-hydrogen) atoms. The van der Waals surface area contributed by atoms with Crippen molar-refractivity contribution in [2.75, 3.05) is 18.8 Å². The average Bonchev–Trinajstić information content (AvgIpc) is 3.17. The Balaban J connectivity index is 1.61. The van der Waals surface area contributed by atoms with Crippen molar-refractivity contribution in [3.63, 3.8) is 0 Å². The van der Waals surface area contributed by atoms with Gasteiger partial charge in [-0.25, -0.2) is 4.39 Å². The van der Waals surface area contributed by atoms with Crippen molar-refractivity contribution >= 4 is 23.6 Å². The molecule has 146 valence electrons. The molecule has 0 radical (unpaired) electrons. The average molecular weight is 392 g/mol. The summed E-state index contributed by atoms with van der Waals surface area (Å²) in [6.07, 6.45) is 1.85. The Kier molecular flexibility index (Phi) is 4.50. The maximum Gasteiger partial charge on any atom is 0.246 e. The zero-order valence-corrected chi connectivity index (χ0v) is 16.6. The molecule has 7 heteroatoms. The molecule has 4 rings (SSSR count). The fourth-order valence-electron chi connectivity index (χ4n) is 4.61. The van der Waals surface area contributed by atoms with E-state index in [2.05, 4.69) is 13.8 Å². The third-order valence-corrected chi connectivity index (χ3v) is 7.93. The Morgan fingerprint density at radius 2 is 2.00 bits per heavy atom. The van der Waals surface area contributed by atoms with Crippen molar-refractivity contribution in [3.05, 3.63) is 35.6 Å². The van der Waals surface area contributed by atoms with Crippen LogP contribution in [-0.4, -0.2) is 52.5 Å². The number of likely N-dealkylation sites (tertiary alicyclic amines) is 1. The summed E-state index contributed by atoms with van der Waals surface area (Å²) in [6.45, 7) is 5.42. The number of carbonyl (C=O) groups is 2. The van der Waals surface area contributed by atoms with Crippen molar-refractivity contribution in [3.8, 4) is 0 Å². The third-order valence-electron chi connectivity index (χ3n) is 6.33. The number of carbonyl (C=O) groups excluding carboxylic acids is 2. The normalized spacial score (nSPS) is 32.7. The van der Waals surface area contributed by atoms with Crippen LogP contribution in [-0.2, 0) is 14.5 Å². The van der Waals surface area contributed by atoms with Gasteiger partial charge in [0.25, 0.3) is 0 Å². The van der Waals surface area contributed by atoms with Gasteiger partial charge in [0.1, 0.15) is 16.7 Å². The van der Waals surface area contributed by atoms with Crippen LogP contribution in [0.5, 0.6) is 0 Å². The molecular weight excluding hydrogens is 365 g/mol. The van der Waals surface area contributed by atoms with E-state index in [1.165, 1.54) is 12.1 Å². The van der Waals surface area contributed by atoms with Crippen molar-refractivity contribution in [1.29, 1.82) is 0 Å². The number of hydrogen-bond donors (Lipinski definition) is 1. The van der Waals surface area contributed by atoms with Gasteiger partial charge in [-0.3, -0.25) is 9.59 Å². The van der Waals surface area contributed by atoms with Crippen LogP contribution < -0.4 is 5.73 Å². The molecule has 0 aliphatic carbocycles. The van der Waals surface area contributed by atoms with E-state index < -0.39 is 10.9 Å². The third kappa shape index (κ3) is 2.95. The molecule has 3 heterocycles. The van der Waals surface area contributed by atoms with Gasteiger partial charge >= 0.3 is 0 Å². The standard InChI is InChI=1S/C20H26FN3O2S/c1-19(2)12-23(10-8-16(19)22)18(26)15-11-27-20(9-7-17(25)24(15)20)13-3-5-14(21)6-4-13/h3-6,15-16H,7-12,22H2,1-2H3. The number of rotatable bonds is 2. The lowest BCUT2D eigenvalue weighted by Crippen LogP contribution is -2.58. The van der Waals surface area contributed by atoms with Crippen molar-refractivity contribution < 1.29 is 14.0 Å². The summed E-state index contributed by atoms with van der Waals surface area (Å²) >= 11 is 1.63. The van der Waals surface area contributed by atoms with E-state index in [9.17, 15) is 14.0 Å². The molecule has 2 amide bonds. The summed E-state index contributed by atoms with van der Waals surface area (Å²) in [5.74, 6) is 0.302. The summed E-state index contributed by atoms with van der Waals surface area (Å²) in [7, 11) is 0. The molecule has 3 saturated heterocycles. The maximum absolute atomic E-state index is 13.4. The molecule has 3 atom stereocenters. The molecule has 3 fully saturated rings. The minimum Gasteiger partial charge on any atom is -0.340 e. The van der Waals surface area contributed by atoms with Crippen molar-refractivity contribution in [1.82, 2.24) is 9.80 Å². The summed E-state index contributed by atoms with van der Waals surface area (Å²) in [5.41, 5.74) is 6.97. The number of nitrogens with zero attached hydrogens (tertiary/aromatic N) is 2. The Bertz CT molecular complexity index is 769. The maximum atomic E-state index is 13.4. The molecule has 0 spiro atoms. The predicted molar refractivity (Wildman–Crippen MR) is 103 cm³/mol. The number of hydrogen-bond acceptors (Lipinski definition) is 4. The number of nitrogens with two attached hydrogens (primary N) is 1. The lowest BCUT2D eigenvalue weighted by Gasteiger charge is -2.44. The molecule has 5 nitrogen and oxygen atoms in total. The van der Waals surface area contributed by atoms with Crippen LogP contribution in [0.25, 0.3) is 0 Å². The van der Waals surface area contributed by atoms with Crippen LogP contribution in [0.15, 0.2) is 24.3 Å². The summed E-state index contributed by atoms with van der Waals surface area (Å²) < 4.78 is 13.4. The zero-order valence-electron chi connectivity index (χ0n) is 15.8. The van der Waals surface area contributed by atoms with Gasteiger partial charge in [-0.2, -0.15) is 0 Å². The predicted octanol–water partition coefficient (Wildman–Crippen LogP) is 2.30. The van der Waals surface area contributed by atoms with Gasteiger partial charge in [0, 0.05) is 31.3 Å². The summed E-state index contributed by atoms with van der Waals surface area (Å²) in [5, 5.41) is 0. The fraction of sp³-hybridized carbons (Fsp3) is 0.600. The Labute approximate surface area is 163 Å². The number of amides is 2. The van der Waals surface area contributed by atoms with E-state index in [-0.39, 0.29) is 29.1 Å². The molecular formula is C20H26FN3O2S. The highest BCUT2D eigenvalue weighted by Gasteiger charge is 2.57. The largest absolute Gasteiger partial charge is 0.340 e. The first kappa shape index (κ1) is 18.7. The molecule has 0 saturated carbocycles. The fourth-order valence-corrected chi connectivity index (χ4v) is 6.25. The highest BCUT2D eigenvalue weighted by atomic mass is 32.2. The van der Waals surface area contributed by atoms with Crippen LogP contribution in [0.3, 0.4) is 0 Å². The van der Waals surface area contributed by atoms with Crippen LogP contribution >= 0.6 is 11.8 Å². The quantitative estimate of drug-likeness (QED) is 0.840. The Hall–Kier alpha value is -1.60. The topological polar surface area (TPSA) is 66.6 Å². The number of halogens is 1. The highest BCUT2D eigenvalue weighted by Crippen LogP contribution is 2.54. The van der Waals surface area contributed by atoms with Crippen molar-refractivity contribution in [2.45, 2.75) is 50.1 Å². The Morgan fingerprint density at radius 3 is 2.67 bits per heavy atom. The van der Waals surface area contributed by atoms with E-state index in [1.807, 2.05) is 4.90 Å². The molecule has 0 aromatic heterocycles. The van der Waals surface area contributed by atoms with E-state index >= 15 is 0 Å². The number of piperidine rings is 1. The molecule has 0 bridgehead atoms. The van der Waals surface area contributed by atoms with Crippen molar-refractivity contribution in [2.24, 2.45) is 11.1 Å².